The molecule has 0 radical (unpaired) electrons. The Hall–Kier alpha value is -5.03. The number of hydrogen-bond acceptors (Lipinski definition) is 2. The molecule has 3 aliphatic rings. The molecule has 0 saturated heterocycles. The van der Waals surface area contributed by atoms with Crippen LogP contribution in [0.25, 0.3) is 60.3 Å². The third kappa shape index (κ3) is 1.54. The Labute approximate surface area is 209 Å². The van der Waals surface area contributed by atoms with Crippen molar-refractivity contribution in [3.63, 3.8) is 0 Å². The van der Waals surface area contributed by atoms with E-state index in [0.717, 1.165) is 11.5 Å². The molecule has 168 valence electrons. The predicted octanol–water partition coefficient (Wildman–Crippen LogP) is 5.66. The molecular formula is C32H16N4O+2. The van der Waals surface area contributed by atoms with Crippen LogP contribution in [-0.4, -0.2) is 9.38 Å². The van der Waals surface area contributed by atoms with Crippen LogP contribution in [0.15, 0.2) is 97.6 Å². The van der Waals surface area contributed by atoms with Crippen molar-refractivity contribution in [3.05, 3.63) is 109 Å². The Balaban J connectivity index is 1.57. The molecule has 0 N–H and O–H groups in total. The van der Waals surface area contributed by atoms with E-state index in [9.17, 15) is 0 Å². The Morgan fingerprint density at radius 2 is 1.57 bits per heavy atom. The van der Waals surface area contributed by atoms with Crippen molar-refractivity contribution in [2.24, 2.45) is 0 Å². The van der Waals surface area contributed by atoms with Crippen LogP contribution in [0.3, 0.4) is 0 Å². The van der Waals surface area contributed by atoms with E-state index < -0.39 is 5.66 Å². The molecule has 3 aromatic carbocycles. The zero-order valence-corrected chi connectivity index (χ0v) is 19.4. The highest BCUT2D eigenvalue weighted by atomic mass is 16.5. The van der Waals surface area contributed by atoms with E-state index in [4.69, 9.17) is 4.74 Å². The van der Waals surface area contributed by atoms with Crippen molar-refractivity contribution in [1.29, 1.82) is 0 Å². The molecule has 0 fully saturated rings. The molecule has 0 aliphatic carbocycles. The zero-order valence-electron chi connectivity index (χ0n) is 19.4. The van der Waals surface area contributed by atoms with E-state index in [1.807, 2.05) is 12.4 Å². The fraction of sp³-hybridized carbons (Fsp3) is 0.0312. The highest BCUT2D eigenvalue weighted by Crippen LogP contribution is 2.56. The van der Waals surface area contributed by atoms with Gasteiger partial charge in [-0.3, -0.25) is 4.98 Å². The second kappa shape index (κ2) is 5.22. The maximum absolute atomic E-state index is 6.73. The van der Waals surface area contributed by atoms with Gasteiger partial charge in [0.05, 0.1) is 17.1 Å². The van der Waals surface area contributed by atoms with Gasteiger partial charge in [-0.1, -0.05) is 12.1 Å². The van der Waals surface area contributed by atoms with Gasteiger partial charge in [-0.2, -0.15) is 8.97 Å². The maximum Gasteiger partial charge on any atom is 0.374 e. The van der Waals surface area contributed by atoms with Crippen molar-refractivity contribution >= 4 is 49.0 Å². The number of fused-ring (bicyclic) bond motifs is 4. The van der Waals surface area contributed by atoms with Crippen LogP contribution in [0.4, 0.5) is 0 Å². The predicted molar refractivity (Wildman–Crippen MR) is 140 cm³/mol. The zero-order chi connectivity index (χ0) is 23.6. The third-order valence-corrected chi connectivity index (χ3v) is 9.02. The van der Waals surface area contributed by atoms with Gasteiger partial charge in [0.1, 0.15) is 22.6 Å². The lowest BCUT2D eigenvalue weighted by Gasteiger charge is -2.33. The molecule has 5 nitrogen and oxygen atoms in total. The van der Waals surface area contributed by atoms with E-state index >= 15 is 0 Å². The molecule has 5 heteroatoms. The van der Waals surface area contributed by atoms with E-state index in [1.54, 1.807) is 0 Å². The average molecular weight is 473 g/mol. The molecule has 8 heterocycles. The minimum absolute atomic E-state index is 0.593. The fourth-order valence-electron chi connectivity index (χ4n) is 7.85. The molecule has 5 aromatic heterocycles. The Bertz CT molecular complexity index is 2400. The van der Waals surface area contributed by atoms with E-state index in [-0.39, 0.29) is 0 Å². The van der Waals surface area contributed by atoms with Crippen LogP contribution in [0, 0.1) is 0 Å². The molecule has 0 bridgehead atoms. The molecule has 0 amide bonds. The van der Waals surface area contributed by atoms with E-state index in [2.05, 4.69) is 104 Å². The molecular weight excluding hydrogens is 456 g/mol. The number of aromatic nitrogens is 4. The SMILES string of the molecule is c1cc2c3c(c1)-c1cccc[n+]1C31c3c(ccc4c5cncc6ccc7c8ccc[n+]1c8n(c34)c7c65)O2. The minimum atomic E-state index is -0.593. The van der Waals surface area contributed by atoms with Crippen molar-refractivity contribution in [1.82, 2.24) is 9.38 Å². The molecule has 0 saturated carbocycles. The summed E-state index contributed by atoms with van der Waals surface area (Å²) >= 11 is 0. The number of pyridine rings is 4. The molecule has 1 spiro atoms. The molecule has 3 aliphatic heterocycles. The van der Waals surface area contributed by atoms with Gasteiger partial charge in [0.15, 0.2) is 17.3 Å². The maximum atomic E-state index is 6.73. The highest BCUT2D eigenvalue weighted by Gasteiger charge is 2.66. The summed E-state index contributed by atoms with van der Waals surface area (Å²) in [6, 6.07) is 26.3. The molecule has 1 atom stereocenters. The van der Waals surface area contributed by atoms with Crippen molar-refractivity contribution in [2.75, 3.05) is 0 Å². The first-order valence-corrected chi connectivity index (χ1v) is 12.6. The lowest BCUT2D eigenvalue weighted by Crippen LogP contribution is -2.74. The molecule has 1 unspecified atom stereocenters. The lowest BCUT2D eigenvalue weighted by atomic mass is 9.83. The summed E-state index contributed by atoms with van der Waals surface area (Å²) in [6.07, 6.45) is 8.51. The standard InChI is InChI=1S/C32H16N4O/c1-2-13-34-23(7-1)21-5-3-8-24-27(21)32(34)28-25(37-24)12-11-19-22-16-33-15-17-9-10-18-20-6-4-14-35(32)31(20)36(30(19)28)29(18)26(17)22/h1-16H/q+2. The summed E-state index contributed by atoms with van der Waals surface area (Å²) in [7, 11) is 0. The minimum Gasteiger partial charge on any atom is -0.456 e. The second-order valence-corrected chi connectivity index (χ2v) is 10.4. The van der Waals surface area contributed by atoms with Crippen molar-refractivity contribution in [3.8, 4) is 22.8 Å². The monoisotopic (exact) mass is 472 g/mol. The normalized spacial score (nSPS) is 18.1. The topological polar surface area (TPSA) is 34.3 Å². The fourth-order valence-corrected chi connectivity index (χ4v) is 7.85. The Kier molecular flexibility index (Phi) is 2.46. The van der Waals surface area contributed by atoms with Crippen LogP contribution in [0.1, 0.15) is 11.1 Å². The quantitative estimate of drug-likeness (QED) is 0.162. The van der Waals surface area contributed by atoms with E-state index in [0.29, 0.717) is 0 Å². The summed E-state index contributed by atoms with van der Waals surface area (Å²) in [5.74, 6) is 1.83. The second-order valence-electron chi connectivity index (χ2n) is 10.4. The van der Waals surface area contributed by atoms with Crippen LogP contribution in [-0.2, 0) is 5.66 Å². The summed E-state index contributed by atoms with van der Waals surface area (Å²) in [5, 5.41) is 7.37. The summed E-state index contributed by atoms with van der Waals surface area (Å²) in [6.45, 7) is 0. The van der Waals surface area contributed by atoms with Crippen molar-refractivity contribution < 1.29 is 13.9 Å². The van der Waals surface area contributed by atoms with Crippen LogP contribution < -0.4 is 13.9 Å². The van der Waals surface area contributed by atoms with Gasteiger partial charge >= 0.3 is 11.3 Å². The van der Waals surface area contributed by atoms with Gasteiger partial charge in [0, 0.05) is 51.5 Å². The first-order chi connectivity index (χ1) is 18.4. The van der Waals surface area contributed by atoms with Crippen molar-refractivity contribution in [2.45, 2.75) is 5.66 Å². The van der Waals surface area contributed by atoms with Gasteiger partial charge in [-0.25, -0.2) is 0 Å². The highest BCUT2D eigenvalue weighted by molar-refractivity contribution is 6.28. The molecule has 8 aromatic rings. The number of rotatable bonds is 0. The Morgan fingerprint density at radius 3 is 2.57 bits per heavy atom. The lowest BCUT2D eigenvalue weighted by molar-refractivity contribution is -0.954. The number of benzene rings is 3. The molecule has 37 heavy (non-hydrogen) atoms. The van der Waals surface area contributed by atoms with Gasteiger partial charge in [-0.15, -0.1) is 4.57 Å². The number of nitrogens with zero attached hydrogens (tertiary/aromatic N) is 4. The summed E-state index contributed by atoms with van der Waals surface area (Å²) < 4.78 is 14.2. The average Bonchev–Trinajstić information content (AvgIpc) is 3.45. The summed E-state index contributed by atoms with van der Waals surface area (Å²) in [5.41, 5.74) is 7.90. The van der Waals surface area contributed by atoms with Gasteiger partial charge < -0.3 is 4.74 Å². The van der Waals surface area contributed by atoms with Gasteiger partial charge in [-0.05, 0) is 48.5 Å². The Morgan fingerprint density at radius 1 is 0.676 bits per heavy atom. The first-order valence-electron chi connectivity index (χ1n) is 12.6. The number of hydrogen-bond donors (Lipinski definition) is 0. The van der Waals surface area contributed by atoms with E-state index in [1.165, 1.54) is 71.4 Å². The largest absolute Gasteiger partial charge is 0.456 e. The van der Waals surface area contributed by atoms with Crippen LogP contribution in [0.2, 0.25) is 0 Å². The van der Waals surface area contributed by atoms with Gasteiger partial charge in [0.2, 0.25) is 5.69 Å². The van der Waals surface area contributed by atoms with Crippen LogP contribution >= 0.6 is 0 Å². The number of ether oxygens (including phenoxy) is 1. The van der Waals surface area contributed by atoms with Crippen LogP contribution in [0.5, 0.6) is 11.5 Å². The first kappa shape index (κ1) is 17.4. The summed E-state index contributed by atoms with van der Waals surface area (Å²) in [4.78, 5) is 4.66. The smallest absolute Gasteiger partial charge is 0.374 e. The third-order valence-electron chi connectivity index (χ3n) is 9.02. The van der Waals surface area contributed by atoms with Gasteiger partial charge in [0.25, 0.3) is 0 Å². The molecule has 11 rings (SSSR count).